The fourth-order valence-electron chi connectivity index (χ4n) is 2.26. The van der Waals surface area contributed by atoms with Crippen LogP contribution in [0.1, 0.15) is 31.1 Å². The maximum Gasteiger partial charge on any atom is 0.122 e. The second kappa shape index (κ2) is 14.8. The normalized spacial score (nSPS) is 13.0. The van der Waals surface area contributed by atoms with Crippen LogP contribution in [0.4, 0.5) is 0 Å². The summed E-state index contributed by atoms with van der Waals surface area (Å²) in [4.78, 5) is 0. The number of aliphatic hydroxyl groups is 1. The number of benzene rings is 2. The molecule has 0 spiro atoms. The van der Waals surface area contributed by atoms with Gasteiger partial charge in [0.15, 0.2) is 0 Å². The van der Waals surface area contributed by atoms with E-state index in [2.05, 4.69) is 18.3 Å². The number of halogens is 2. The predicted octanol–water partition coefficient (Wildman–Crippen LogP) is 3.76. The van der Waals surface area contributed by atoms with Gasteiger partial charge >= 0.3 is 0 Å². The van der Waals surface area contributed by atoms with E-state index in [4.69, 9.17) is 10.5 Å². The average Bonchev–Trinajstić information content (AvgIpc) is 2.62. The molecule has 2 rings (SSSR count). The molecule has 1 unspecified atom stereocenters. The molecule has 0 saturated heterocycles. The molecule has 0 aromatic heterocycles. The number of aliphatic hydroxyl groups excluding tert-OH is 1. The zero-order valence-corrected chi connectivity index (χ0v) is 17.5. The second-order valence-corrected chi connectivity index (χ2v) is 5.92. The third kappa shape index (κ3) is 9.41. The number of nitrogens with one attached hydrogen (secondary N) is 1. The number of nitrogens with two attached hydrogens (primary N) is 1. The van der Waals surface area contributed by atoms with Crippen LogP contribution < -0.4 is 15.8 Å². The Morgan fingerprint density at radius 1 is 1.00 bits per heavy atom. The van der Waals surface area contributed by atoms with Gasteiger partial charge in [0, 0.05) is 12.1 Å². The smallest absolute Gasteiger partial charge is 0.122 e. The number of para-hydroxylation sites is 1. The summed E-state index contributed by atoms with van der Waals surface area (Å²) in [6, 6.07) is 17.8. The minimum absolute atomic E-state index is 0. The van der Waals surface area contributed by atoms with E-state index in [9.17, 15) is 5.11 Å². The minimum atomic E-state index is -0.545. The molecule has 6 heteroatoms. The highest BCUT2D eigenvalue weighted by Gasteiger charge is 2.10. The molecule has 0 radical (unpaired) electrons. The van der Waals surface area contributed by atoms with E-state index in [0.29, 0.717) is 6.04 Å². The Kier molecular flexibility index (Phi) is 15.4. The van der Waals surface area contributed by atoms with E-state index < -0.39 is 6.10 Å². The highest BCUT2D eigenvalue weighted by molar-refractivity contribution is 5.85. The van der Waals surface area contributed by atoms with Crippen LogP contribution in [-0.4, -0.2) is 31.3 Å². The summed E-state index contributed by atoms with van der Waals surface area (Å²) in [6.07, 6.45) is 0.455. The van der Waals surface area contributed by atoms with Gasteiger partial charge in [0.25, 0.3) is 0 Å². The topological polar surface area (TPSA) is 67.5 Å². The zero-order valence-electron chi connectivity index (χ0n) is 15.9. The maximum absolute atomic E-state index is 9.47. The van der Waals surface area contributed by atoms with E-state index >= 15 is 0 Å². The molecular formula is C20H32Cl2N2O2. The number of ether oxygens (including phenoxy) is 1. The molecule has 0 aliphatic heterocycles. The predicted molar refractivity (Wildman–Crippen MR) is 115 cm³/mol. The first-order chi connectivity index (χ1) is 11.5. The van der Waals surface area contributed by atoms with Gasteiger partial charge in [0.05, 0.1) is 13.2 Å². The SMILES string of the molecule is CNC(C)Cc1ccccc1OC.C[C@@H](N)[C@@H](O)c1ccccc1.Cl.Cl. The lowest BCUT2D eigenvalue weighted by atomic mass is 10.0. The Labute approximate surface area is 170 Å². The summed E-state index contributed by atoms with van der Waals surface area (Å²) in [5, 5.41) is 12.7. The van der Waals surface area contributed by atoms with Crippen molar-refractivity contribution in [2.75, 3.05) is 14.2 Å². The molecule has 0 bridgehead atoms. The molecule has 26 heavy (non-hydrogen) atoms. The Hall–Kier alpha value is -1.30. The number of methoxy groups -OCH3 is 1. The van der Waals surface area contributed by atoms with Crippen molar-refractivity contribution in [3.63, 3.8) is 0 Å². The second-order valence-electron chi connectivity index (χ2n) is 5.92. The van der Waals surface area contributed by atoms with Crippen LogP contribution in [0.5, 0.6) is 5.75 Å². The van der Waals surface area contributed by atoms with Gasteiger partial charge in [0.2, 0.25) is 0 Å². The van der Waals surface area contributed by atoms with Gasteiger partial charge < -0.3 is 20.9 Å². The van der Waals surface area contributed by atoms with Gasteiger partial charge in [-0.3, -0.25) is 0 Å². The van der Waals surface area contributed by atoms with Crippen molar-refractivity contribution in [2.45, 2.75) is 38.5 Å². The monoisotopic (exact) mass is 402 g/mol. The molecule has 3 atom stereocenters. The van der Waals surface area contributed by atoms with Gasteiger partial charge in [-0.25, -0.2) is 0 Å². The molecule has 0 aliphatic carbocycles. The molecule has 2 aromatic rings. The van der Waals surface area contributed by atoms with E-state index in [-0.39, 0.29) is 30.9 Å². The molecule has 2 aromatic carbocycles. The standard InChI is InChI=1S/C11H17NO.C9H13NO.2ClH/c1-9(12-2)8-10-6-4-5-7-11(10)13-3;1-7(10)9(11)8-5-3-2-4-6-8;;/h4-7,9,12H,8H2,1-3H3;2-7,9,11H,10H2,1H3;2*1H/t;7-,9-;;/m.1../s1. The molecule has 0 amide bonds. The summed E-state index contributed by atoms with van der Waals surface area (Å²) in [5.74, 6) is 0.976. The number of hydrogen-bond donors (Lipinski definition) is 3. The lowest BCUT2D eigenvalue weighted by Gasteiger charge is -2.13. The molecule has 4 nitrogen and oxygen atoms in total. The Balaban J connectivity index is 0. The van der Waals surface area contributed by atoms with Crippen molar-refractivity contribution in [3.05, 3.63) is 65.7 Å². The quantitative estimate of drug-likeness (QED) is 0.687. The van der Waals surface area contributed by atoms with Crippen LogP contribution >= 0.6 is 24.8 Å². The van der Waals surface area contributed by atoms with Crippen molar-refractivity contribution >= 4 is 24.8 Å². The average molecular weight is 403 g/mol. The third-order valence-corrected chi connectivity index (χ3v) is 3.85. The van der Waals surface area contributed by atoms with Crippen molar-refractivity contribution in [1.82, 2.24) is 5.32 Å². The Bertz CT molecular complexity index is 583. The van der Waals surface area contributed by atoms with Crippen molar-refractivity contribution in [2.24, 2.45) is 5.73 Å². The van der Waals surface area contributed by atoms with Crippen LogP contribution in [0.25, 0.3) is 0 Å². The number of likely N-dealkylation sites (N-methyl/N-ethyl adjacent to an activating group) is 1. The van der Waals surface area contributed by atoms with Gasteiger partial charge in [-0.05, 0) is 44.5 Å². The van der Waals surface area contributed by atoms with Crippen LogP contribution in [-0.2, 0) is 6.42 Å². The van der Waals surface area contributed by atoms with Crippen LogP contribution in [0.2, 0.25) is 0 Å². The highest BCUT2D eigenvalue weighted by atomic mass is 35.5. The van der Waals surface area contributed by atoms with Gasteiger partial charge in [-0.1, -0.05) is 48.5 Å². The Morgan fingerprint density at radius 3 is 2.04 bits per heavy atom. The molecule has 148 valence electrons. The van der Waals surface area contributed by atoms with Crippen molar-refractivity contribution < 1.29 is 9.84 Å². The van der Waals surface area contributed by atoms with Crippen LogP contribution in [0.3, 0.4) is 0 Å². The molecule has 0 fully saturated rings. The summed E-state index contributed by atoms with van der Waals surface area (Å²) in [5.41, 5.74) is 7.65. The molecule has 0 heterocycles. The van der Waals surface area contributed by atoms with E-state index in [1.165, 1.54) is 5.56 Å². The highest BCUT2D eigenvalue weighted by Crippen LogP contribution is 2.18. The first-order valence-corrected chi connectivity index (χ1v) is 8.27. The number of rotatable bonds is 6. The minimum Gasteiger partial charge on any atom is -0.496 e. The van der Waals surface area contributed by atoms with Crippen LogP contribution in [0.15, 0.2) is 54.6 Å². The molecule has 0 aliphatic rings. The fraction of sp³-hybridized carbons (Fsp3) is 0.400. The van der Waals surface area contributed by atoms with Gasteiger partial charge in [-0.15, -0.1) is 24.8 Å². The fourth-order valence-corrected chi connectivity index (χ4v) is 2.26. The zero-order chi connectivity index (χ0) is 17.9. The van der Waals surface area contributed by atoms with Crippen molar-refractivity contribution in [1.29, 1.82) is 0 Å². The molecule has 0 saturated carbocycles. The summed E-state index contributed by atoms with van der Waals surface area (Å²) < 4.78 is 5.26. The molecule has 4 N–H and O–H groups in total. The summed E-state index contributed by atoms with van der Waals surface area (Å²) in [7, 11) is 3.68. The van der Waals surface area contributed by atoms with Crippen molar-refractivity contribution in [3.8, 4) is 5.75 Å². The van der Waals surface area contributed by atoms with E-state index in [1.54, 1.807) is 14.0 Å². The Morgan fingerprint density at radius 2 is 1.54 bits per heavy atom. The summed E-state index contributed by atoms with van der Waals surface area (Å²) >= 11 is 0. The third-order valence-electron chi connectivity index (χ3n) is 3.85. The maximum atomic E-state index is 9.47. The summed E-state index contributed by atoms with van der Waals surface area (Å²) in [6.45, 7) is 3.95. The van der Waals surface area contributed by atoms with Crippen LogP contribution in [0, 0.1) is 0 Å². The molecular weight excluding hydrogens is 371 g/mol. The first kappa shape index (κ1) is 26.9. The lowest BCUT2D eigenvalue weighted by molar-refractivity contribution is 0.153. The van der Waals surface area contributed by atoms with Gasteiger partial charge in [-0.2, -0.15) is 0 Å². The largest absolute Gasteiger partial charge is 0.496 e. The van der Waals surface area contributed by atoms with E-state index in [0.717, 1.165) is 17.7 Å². The van der Waals surface area contributed by atoms with E-state index in [1.807, 2.05) is 55.6 Å². The number of hydrogen-bond acceptors (Lipinski definition) is 4. The lowest BCUT2D eigenvalue weighted by Crippen LogP contribution is -2.24. The van der Waals surface area contributed by atoms with Gasteiger partial charge in [0.1, 0.15) is 5.75 Å². The first-order valence-electron chi connectivity index (χ1n) is 8.27.